The van der Waals surface area contributed by atoms with Crippen LogP contribution in [0, 0.1) is 0 Å². The third-order valence-electron chi connectivity index (χ3n) is 3.85. The minimum atomic E-state index is -0.114. The predicted octanol–water partition coefficient (Wildman–Crippen LogP) is 1.52. The molecule has 1 rings (SSSR count). The van der Waals surface area contributed by atoms with Gasteiger partial charge in [0.05, 0.1) is 6.04 Å². The van der Waals surface area contributed by atoms with E-state index in [2.05, 4.69) is 31.0 Å². The molecule has 4 nitrogen and oxygen atoms in total. The van der Waals surface area contributed by atoms with E-state index < -0.39 is 0 Å². The molecule has 5 heteroatoms. The number of rotatable bonds is 4. The van der Waals surface area contributed by atoms with Crippen LogP contribution in [0.4, 0.5) is 0 Å². The Kier molecular flexibility index (Phi) is 7.18. The zero-order chi connectivity index (χ0) is 13.1. The van der Waals surface area contributed by atoms with E-state index in [9.17, 15) is 4.79 Å². The molecular weight excluding hydrogens is 250 g/mol. The van der Waals surface area contributed by atoms with E-state index in [-0.39, 0.29) is 29.9 Å². The third kappa shape index (κ3) is 5.12. The maximum atomic E-state index is 12.1. The van der Waals surface area contributed by atoms with Gasteiger partial charge >= 0.3 is 0 Å². The highest BCUT2D eigenvalue weighted by Crippen LogP contribution is 2.13. The average molecular weight is 278 g/mol. The minimum absolute atomic E-state index is 0. The van der Waals surface area contributed by atoms with Crippen molar-refractivity contribution in [2.24, 2.45) is 5.73 Å². The zero-order valence-corrected chi connectivity index (χ0v) is 12.8. The summed E-state index contributed by atoms with van der Waals surface area (Å²) in [5, 5.41) is 3.10. The smallest absolute Gasteiger partial charge is 0.237 e. The largest absolute Gasteiger partial charge is 0.350 e. The molecule has 0 aromatic carbocycles. The lowest BCUT2D eigenvalue weighted by molar-refractivity contribution is -0.128. The van der Waals surface area contributed by atoms with Gasteiger partial charge in [-0.15, -0.1) is 12.4 Å². The van der Waals surface area contributed by atoms with Gasteiger partial charge < -0.3 is 11.1 Å². The molecule has 1 unspecified atom stereocenters. The van der Waals surface area contributed by atoms with Crippen molar-refractivity contribution in [2.45, 2.75) is 64.6 Å². The highest BCUT2D eigenvalue weighted by molar-refractivity contribution is 5.85. The fourth-order valence-electron chi connectivity index (χ4n) is 2.00. The summed E-state index contributed by atoms with van der Waals surface area (Å²) in [5.74, 6) is 0.132. The van der Waals surface area contributed by atoms with Gasteiger partial charge in [0.2, 0.25) is 5.91 Å². The van der Waals surface area contributed by atoms with Crippen molar-refractivity contribution in [3.63, 3.8) is 0 Å². The fraction of sp³-hybridized carbons (Fsp3) is 0.923. The number of amides is 1. The van der Waals surface area contributed by atoms with Gasteiger partial charge in [0.25, 0.3) is 0 Å². The van der Waals surface area contributed by atoms with Crippen LogP contribution in [0.3, 0.4) is 0 Å². The normalized spacial score (nSPS) is 20.1. The summed E-state index contributed by atoms with van der Waals surface area (Å²) in [6, 6.07) is 0.266. The Bertz CT molecular complexity index is 263. The summed E-state index contributed by atoms with van der Waals surface area (Å²) in [4.78, 5) is 14.3. The van der Waals surface area contributed by atoms with Crippen molar-refractivity contribution in [3.05, 3.63) is 0 Å². The van der Waals surface area contributed by atoms with Gasteiger partial charge in [-0.3, -0.25) is 9.69 Å². The first-order valence-electron chi connectivity index (χ1n) is 6.67. The Morgan fingerprint density at radius 2 is 1.94 bits per heavy atom. The van der Waals surface area contributed by atoms with Crippen LogP contribution in [0.25, 0.3) is 0 Å². The molecule has 1 fully saturated rings. The molecule has 0 radical (unpaired) electrons. The van der Waals surface area contributed by atoms with E-state index in [1.165, 1.54) is 0 Å². The fourth-order valence-corrected chi connectivity index (χ4v) is 2.00. The predicted molar refractivity (Wildman–Crippen MR) is 78.0 cm³/mol. The Hall–Kier alpha value is -0.320. The van der Waals surface area contributed by atoms with Gasteiger partial charge in [-0.25, -0.2) is 0 Å². The van der Waals surface area contributed by atoms with Crippen LogP contribution in [-0.2, 0) is 4.79 Å². The van der Waals surface area contributed by atoms with Crippen molar-refractivity contribution in [2.75, 3.05) is 13.1 Å². The van der Waals surface area contributed by atoms with Crippen LogP contribution in [-0.4, -0.2) is 41.5 Å². The second-order valence-corrected chi connectivity index (χ2v) is 5.78. The lowest BCUT2D eigenvalue weighted by Gasteiger charge is -2.35. The highest BCUT2D eigenvalue weighted by atomic mass is 35.5. The van der Waals surface area contributed by atoms with Gasteiger partial charge in [-0.1, -0.05) is 6.92 Å². The van der Waals surface area contributed by atoms with Gasteiger partial charge in [0.1, 0.15) is 0 Å². The summed E-state index contributed by atoms with van der Waals surface area (Å²) in [6.07, 6.45) is 2.93. The molecule has 0 spiro atoms. The summed E-state index contributed by atoms with van der Waals surface area (Å²) < 4.78 is 0. The molecule has 1 heterocycles. The minimum Gasteiger partial charge on any atom is -0.350 e. The van der Waals surface area contributed by atoms with Crippen LogP contribution in [0.2, 0.25) is 0 Å². The van der Waals surface area contributed by atoms with Crippen LogP contribution >= 0.6 is 12.4 Å². The van der Waals surface area contributed by atoms with Gasteiger partial charge in [0.15, 0.2) is 0 Å². The molecule has 0 aromatic rings. The number of nitrogens with zero attached hydrogens (tertiary/aromatic N) is 1. The average Bonchev–Trinajstić information content (AvgIpc) is 2.28. The third-order valence-corrected chi connectivity index (χ3v) is 3.85. The quantitative estimate of drug-likeness (QED) is 0.819. The molecule has 1 amide bonds. The van der Waals surface area contributed by atoms with Gasteiger partial charge in [-0.05, 0) is 40.0 Å². The molecule has 18 heavy (non-hydrogen) atoms. The number of hydrogen-bond acceptors (Lipinski definition) is 3. The molecular formula is C13H28ClN3O. The maximum absolute atomic E-state index is 12.1. The van der Waals surface area contributed by atoms with E-state index in [4.69, 9.17) is 5.73 Å². The molecule has 1 atom stereocenters. The van der Waals surface area contributed by atoms with Gasteiger partial charge in [0, 0.05) is 24.7 Å². The first-order valence-corrected chi connectivity index (χ1v) is 6.67. The number of piperidine rings is 1. The molecule has 0 aromatic heterocycles. The number of hydrogen-bond donors (Lipinski definition) is 2. The Labute approximate surface area is 117 Å². The summed E-state index contributed by atoms with van der Waals surface area (Å²) in [6.45, 7) is 10.1. The molecule has 0 saturated carbocycles. The van der Waals surface area contributed by atoms with Crippen molar-refractivity contribution in [1.29, 1.82) is 0 Å². The number of likely N-dealkylation sites (tertiary alicyclic amines) is 1. The number of nitrogens with one attached hydrogen (secondary N) is 1. The second kappa shape index (κ2) is 7.31. The van der Waals surface area contributed by atoms with Crippen LogP contribution in [0.5, 0.6) is 0 Å². The van der Waals surface area contributed by atoms with Crippen LogP contribution in [0.1, 0.15) is 47.0 Å². The number of carbonyl (C=O) groups excluding carboxylic acids is 1. The van der Waals surface area contributed by atoms with Crippen molar-refractivity contribution >= 4 is 18.3 Å². The Morgan fingerprint density at radius 3 is 2.39 bits per heavy atom. The summed E-state index contributed by atoms with van der Waals surface area (Å²) >= 11 is 0. The van der Waals surface area contributed by atoms with E-state index in [1.54, 1.807) is 0 Å². The molecule has 3 N–H and O–H groups in total. The molecule has 1 saturated heterocycles. The standard InChI is InChI=1S/C13H27N3O.ClH/c1-5-13(3,4)15-12(17)10(2)16-8-6-11(14)7-9-16;/h10-11H,5-9,14H2,1-4H3,(H,15,17);1H. The Balaban J connectivity index is 0.00000289. The van der Waals surface area contributed by atoms with E-state index in [1.807, 2.05) is 6.92 Å². The molecule has 0 bridgehead atoms. The lowest BCUT2D eigenvalue weighted by atomic mass is 10.0. The topological polar surface area (TPSA) is 58.4 Å². The monoisotopic (exact) mass is 277 g/mol. The Morgan fingerprint density at radius 1 is 1.44 bits per heavy atom. The van der Waals surface area contributed by atoms with E-state index in [0.717, 1.165) is 32.4 Å². The van der Waals surface area contributed by atoms with Crippen molar-refractivity contribution in [1.82, 2.24) is 10.2 Å². The van der Waals surface area contributed by atoms with Gasteiger partial charge in [-0.2, -0.15) is 0 Å². The lowest BCUT2D eigenvalue weighted by Crippen LogP contribution is -2.54. The summed E-state index contributed by atoms with van der Waals surface area (Å²) in [7, 11) is 0. The maximum Gasteiger partial charge on any atom is 0.237 e. The van der Waals surface area contributed by atoms with E-state index >= 15 is 0 Å². The summed E-state index contributed by atoms with van der Waals surface area (Å²) in [5.41, 5.74) is 5.76. The number of halogens is 1. The van der Waals surface area contributed by atoms with E-state index in [0.29, 0.717) is 6.04 Å². The highest BCUT2D eigenvalue weighted by Gasteiger charge is 2.28. The second-order valence-electron chi connectivity index (χ2n) is 5.78. The van der Waals surface area contributed by atoms with Crippen LogP contribution in [0.15, 0.2) is 0 Å². The molecule has 0 aliphatic carbocycles. The first-order chi connectivity index (χ1) is 7.85. The SMILES string of the molecule is CCC(C)(C)NC(=O)C(C)N1CCC(N)CC1.Cl. The first kappa shape index (κ1) is 17.7. The molecule has 108 valence electrons. The number of nitrogens with two attached hydrogens (primary N) is 1. The molecule has 1 aliphatic heterocycles. The zero-order valence-electron chi connectivity index (χ0n) is 12.0. The molecule has 1 aliphatic rings. The number of carbonyl (C=O) groups is 1. The van der Waals surface area contributed by atoms with Crippen LogP contribution < -0.4 is 11.1 Å². The van der Waals surface area contributed by atoms with Crippen molar-refractivity contribution in [3.8, 4) is 0 Å². The van der Waals surface area contributed by atoms with Crippen molar-refractivity contribution < 1.29 is 4.79 Å².